The van der Waals surface area contributed by atoms with Crippen LogP contribution in [0.25, 0.3) is 11.1 Å². The van der Waals surface area contributed by atoms with E-state index in [2.05, 4.69) is 16.9 Å². The lowest BCUT2D eigenvalue weighted by molar-refractivity contribution is 0.197. The lowest BCUT2D eigenvalue weighted by atomic mass is 10.0. The van der Waals surface area contributed by atoms with Gasteiger partial charge < -0.3 is 15.6 Å². The smallest absolute Gasteiger partial charge is 0.226 e. The molecule has 0 saturated carbocycles. The van der Waals surface area contributed by atoms with Crippen molar-refractivity contribution >= 4 is 5.82 Å². The Labute approximate surface area is 112 Å². The number of aryl methyl sites for hydroxylation is 1. The number of benzene rings is 1. The maximum absolute atomic E-state index is 8.83. The van der Waals surface area contributed by atoms with Crippen LogP contribution in [0.1, 0.15) is 12.5 Å². The molecule has 0 aliphatic heterocycles. The Morgan fingerprint density at radius 3 is 2.58 bits per heavy atom. The highest BCUT2D eigenvalue weighted by atomic mass is 16.5. The summed E-state index contributed by atoms with van der Waals surface area (Å²) in [4.78, 5) is 8.06. The molecule has 0 saturated heterocycles. The van der Waals surface area contributed by atoms with E-state index in [0.29, 0.717) is 17.3 Å². The van der Waals surface area contributed by atoms with Crippen molar-refractivity contribution in [3.8, 4) is 17.0 Å². The zero-order valence-electron chi connectivity index (χ0n) is 10.8. The molecule has 0 aliphatic rings. The Bertz CT molecular complexity index is 541. The maximum atomic E-state index is 8.83. The number of hydrogen-bond acceptors (Lipinski definition) is 5. The summed E-state index contributed by atoms with van der Waals surface area (Å²) in [6.07, 6.45) is 2.33. The van der Waals surface area contributed by atoms with E-state index >= 15 is 0 Å². The molecule has 0 radical (unpaired) electrons. The molecule has 1 aromatic heterocycles. The standard InChI is InChI=1S/C14H17N3O2/c1-2-10-3-5-11(6-4-10)12-13(15)16-9-17-14(12)19-8-7-18/h3-6,9,18H,2,7-8H2,1H3,(H2,15,16,17). The molecule has 0 unspecified atom stereocenters. The van der Waals surface area contributed by atoms with E-state index in [1.54, 1.807) is 0 Å². The Morgan fingerprint density at radius 1 is 1.21 bits per heavy atom. The van der Waals surface area contributed by atoms with E-state index in [1.807, 2.05) is 24.3 Å². The SMILES string of the molecule is CCc1ccc(-c2c(N)ncnc2OCCO)cc1. The van der Waals surface area contributed by atoms with Gasteiger partial charge in [-0.05, 0) is 17.5 Å². The molecule has 0 spiro atoms. The Hall–Kier alpha value is -2.14. The van der Waals surface area contributed by atoms with Crippen LogP contribution in [0.5, 0.6) is 5.88 Å². The number of ether oxygens (including phenoxy) is 1. The molecule has 0 bridgehead atoms. The largest absolute Gasteiger partial charge is 0.475 e. The van der Waals surface area contributed by atoms with Crippen LogP contribution >= 0.6 is 0 Å². The van der Waals surface area contributed by atoms with Crippen molar-refractivity contribution in [3.05, 3.63) is 36.2 Å². The van der Waals surface area contributed by atoms with Gasteiger partial charge in [-0.1, -0.05) is 31.2 Å². The molecule has 19 heavy (non-hydrogen) atoms. The number of aliphatic hydroxyl groups excluding tert-OH is 1. The van der Waals surface area contributed by atoms with Crippen molar-refractivity contribution < 1.29 is 9.84 Å². The number of hydrogen-bond donors (Lipinski definition) is 2. The van der Waals surface area contributed by atoms with Crippen molar-refractivity contribution in [3.63, 3.8) is 0 Å². The van der Waals surface area contributed by atoms with E-state index in [0.717, 1.165) is 12.0 Å². The molecule has 0 fully saturated rings. The Kier molecular flexibility index (Phi) is 4.30. The second kappa shape index (κ2) is 6.15. The van der Waals surface area contributed by atoms with Crippen LogP contribution in [-0.4, -0.2) is 28.3 Å². The molecular formula is C14H17N3O2. The summed E-state index contributed by atoms with van der Waals surface area (Å²) in [5, 5.41) is 8.83. The van der Waals surface area contributed by atoms with Gasteiger partial charge >= 0.3 is 0 Å². The van der Waals surface area contributed by atoms with Crippen molar-refractivity contribution in [2.45, 2.75) is 13.3 Å². The van der Waals surface area contributed by atoms with E-state index in [9.17, 15) is 0 Å². The second-order valence-electron chi connectivity index (χ2n) is 4.06. The average molecular weight is 259 g/mol. The topological polar surface area (TPSA) is 81.3 Å². The van der Waals surface area contributed by atoms with Crippen LogP contribution in [0.4, 0.5) is 5.82 Å². The van der Waals surface area contributed by atoms with Gasteiger partial charge in [-0.25, -0.2) is 9.97 Å². The van der Waals surface area contributed by atoms with Gasteiger partial charge in [0, 0.05) is 0 Å². The first-order valence-electron chi connectivity index (χ1n) is 6.19. The molecule has 2 rings (SSSR count). The molecular weight excluding hydrogens is 242 g/mol. The lowest BCUT2D eigenvalue weighted by Gasteiger charge is -2.11. The first-order chi connectivity index (χ1) is 9.26. The number of nitrogen functional groups attached to an aromatic ring is 1. The van der Waals surface area contributed by atoms with Crippen LogP contribution in [0.3, 0.4) is 0 Å². The third kappa shape index (κ3) is 3.00. The Balaban J connectivity index is 2.40. The number of nitrogens with zero attached hydrogens (tertiary/aromatic N) is 2. The van der Waals surface area contributed by atoms with Gasteiger partial charge in [0.1, 0.15) is 18.8 Å². The van der Waals surface area contributed by atoms with Crippen LogP contribution in [0.15, 0.2) is 30.6 Å². The molecule has 0 amide bonds. The molecule has 0 aliphatic carbocycles. The predicted molar refractivity (Wildman–Crippen MR) is 73.8 cm³/mol. The molecule has 100 valence electrons. The monoisotopic (exact) mass is 259 g/mol. The molecule has 0 atom stereocenters. The zero-order chi connectivity index (χ0) is 13.7. The van der Waals surface area contributed by atoms with E-state index in [1.165, 1.54) is 11.9 Å². The highest BCUT2D eigenvalue weighted by Crippen LogP contribution is 2.32. The van der Waals surface area contributed by atoms with Crippen molar-refractivity contribution in [1.82, 2.24) is 9.97 Å². The summed E-state index contributed by atoms with van der Waals surface area (Å²) in [6.45, 7) is 2.21. The quantitative estimate of drug-likeness (QED) is 0.853. The molecule has 5 nitrogen and oxygen atoms in total. The van der Waals surface area contributed by atoms with Gasteiger partial charge in [0.05, 0.1) is 12.2 Å². The molecule has 3 N–H and O–H groups in total. The first-order valence-corrected chi connectivity index (χ1v) is 6.19. The van der Waals surface area contributed by atoms with Crippen LogP contribution in [0, 0.1) is 0 Å². The number of anilines is 1. The van der Waals surface area contributed by atoms with Gasteiger partial charge in [0.25, 0.3) is 0 Å². The van der Waals surface area contributed by atoms with Crippen LogP contribution in [0.2, 0.25) is 0 Å². The number of nitrogens with two attached hydrogens (primary N) is 1. The third-order valence-corrected chi connectivity index (χ3v) is 2.82. The molecule has 5 heteroatoms. The fourth-order valence-corrected chi connectivity index (χ4v) is 1.81. The van der Waals surface area contributed by atoms with Crippen molar-refractivity contribution in [2.24, 2.45) is 0 Å². The van der Waals surface area contributed by atoms with E-state index in [4.69, 9.17) is 15.6 Å². The van der Waals surface area contributed by atoms with Gasteiger partial charge in [0.2, 0.25) is 5.88 Å². The van der Waals surface area contributed by atoms with Crippen molar-refractivity contribution in [2.75, 3.05) is 18.9 Å². The summed E-state index contributed by atoms with van der Waals surface area (Å²) in [6, 6.07) is 8.02. The third-order valence-electron chi connectivity index (χ3n) is 2.82. The minimum Gasteiger partial charge on any atom is -0.475 e. The maximum Gasteiger partial charge on any atom is 0.226 e. The van der Waals surface area contributed by atoms with Crippen LogP contribution in [-0.2, 0) is 6.42 Å². The minimum absolute atomic E-state index is 0.0713. The first kappa shape index (κ1) is 13.3. The normalized spacial score (nSPS) is 10.4. The highest BCUT2D eigenvalue weighted by Gasteiger charge is 2.12. The number of rotatable bonds is 5. The van der Waals surface area contributed by atoms with Gasteiger partial charge in [-0.2, -0.15) is 0 Å². The van der Waals surface area contributed by atoms with Gasteiger partial charge in [-0.15, -0.1) is 0 Å². The Morgan fingerprint density at radius 2 is 1.95 bits per heavy atom. The average Bonchev–Trinajstić information content (AvgIpc) is 2.45. The summed E-state index contributed by atoms with van der Waals surface area (Å²) >= 11 is 0. The lowest BCUT2D eigenvalue weighted by Crippen LogP contribution is -2.06. The fraction of sp³-hybridized carbons (Fsp3) is 0.286. The molecule has 1 aromatic carbocycles. The van der Waals surface area contributed by atoms with E-state index < -0.39 is 0 Å². The molecule has 1 heterocycles. The zero-order valence-corrected chi connectivity index (χ0v) is 10.8. The predicted octanol–water partition coefficient (Wildman–Crippen LogP) is 1.66. The fourth-order valence-electron chi connectivity index (χ4n) is 1.81. The minimum atomic E-state index is -0.0713. The summed E-state index contributed by atoms with van der Waals surface area (Å²) < 4.78 is 5.40. The number of aliphatic hydroxyl groups is 1. The van der Waals surface area contributed by atoms with Gasteiger partial charge in [-0.3, -0.25) is 0 Å². The number of aromatic nitrogens is 2. The van der Waals surface area contributed by atoms with E-state index in [-0.39, 0.29) is 13.2 Å². The summed E-state index contributed by atoms with van der Waals surface area (Å²) in [5.41, 5.74) is 8.72. The highest BCUT2D eigenvalue weighted by molar-refractivity contribution is 5.78. The second-order valence-corrected chi connectivity index (χ2v) is 4.06. The van der Waals surface area contributed by atoms with Crippen molar-refractivity contribution in [1.29, 1.82) is 0 Å². The summed E-state index contributed by atoms with van der Waals surface area (Å²) in [7, 11) is 0. The van der Waals surface area contributed by atoms with Crippen LogP contribution < -0.4 is 10.5 Å². The summed E-state index contributed by atoms with van der Waals surface area (Å²) in [5.74, 6) is 0.762. The molecule has 2 aromatic rings. The van der Waals surface area contributed by atoms with Gasteiger partial charge in [0.15, 0.2) is 0 Å².